The Morgan fingerprint density at radius 1 is 0.465 bits per heavy atom. The van der Waals surface area contributed by atoms with Crippen LogP contribution >= 0.6 is 0 Å². The van der Waals surface area contributed by atoms with E-state index in [0.717, 1.165) is 21.5 Å². The quantitative estimate of drug-likeness (QED) is 0.137. The summed E-state index contributed by atoms with van der Waals surface area (Å²) in [6.45, 7) is 0. The van der Waals surface area contributed by atoms with Crippen LogP contribution in [-0.2, 0) is 20.4 Å². The summed E-state index contributed by atoms with van der Waals surface area (Å²) >= 11 is 0. The molecular weight excluding hydrogens is 635 g/mol. The van der Waals surface area contributed by atoms with Gasteiger partial charge in [0.2, 0.25) is 0 Å². The van der Waals surface area contributed by atoms with E-state index in [1.807, 2.05) is 97.1 Å². The van der Waals surface area contributed by atoms with E-state index in [1.165, 1.54) is 0 Å². The van der Waals surface area contributed by atoms with E-state index in [0.29, 0.717) is 34.2 Å². The van der Waals surface area contributed by atoms with Crippen molar-refractivity contribution in [1.29, 1.82) is 0 Å². The van der Waals surface area contributed by atoms with Gasteiger partial charge in [0.15, 0.2) is 0 Å². The number of phenols is 2. The molecular formula is C34H28N4O4Pd. The average Bonchev–Trinajstić information content (AvgIpc) is 3.04. The molecule has 0 unspecified atom stereocenters. The maximum atomic E-state index is 10.0. The molecule has 0 atom stereocenters. The minimum Gasteiger partial charge on any atom is -0.506 e. The molecule has 0 saturated heterocycles. The van der Waals surface area contributed by atoms with Crippen LogP contribution < -0.4 is 9.47 Å². The Balaban J connectivity index is 0.000000192. The summed E-state index contributed by atoms with van der Waals surface area (Å²) in [7, 11) is 3.21. The molecule has 9 heteroatoms. The molecule has 0 heterocycles. The minimum atomic E-state index is 0. The van der Waals surface area contributed by atoms with Crippen LogP contribution in [0, 0.1) is 0 Å². The topological polar surface area (TPSA) is 108 Å². The smallest absolute Gasteiger partial charge is 0.143 e. The van der Waals surface area contributed by atoms with Gasteiger partial charge in [-0.2, -0.15) is 10.2 Å². The Morgan fingerprint density at radius 3 is 1.30 bits per heavy atom. The molecule has 0 amide bonds. The van der Waals surface area contributed by atoms with Gasteiger partial charge in [-0.1, -0.05) is 72.8 Å². The Labute approximate surface area is 262 Å². The summed E-state index contributed by atoms with van der Waals surface area (Å²) < 4.78 is 10.3. The number of ether oxygens (including phenoxy) is 2. The van der Waals surface area contributed by atoms with Crippen molar-refractivity contribution in [3.63, 3.8) is 0 Å². The normalized spacial score (nSPS) is 10.8. The molecule has 6 aromatic carbocycles. The molecule has 0 spiro atoms. The number of hydrogen-bond donors (Lipinski definition) is 2. The van der Waals surface area contributed by atoms with Gasteiger partial charge in [-0.3, -0.25) is 0 Å². The first kappa shape index (κ1) is 30.9. The number of nitrogens with zero attached hydrogens (tertiary/aromatic N) is 4. The Bertz CT molecular complexity index is 1770. The van der Waals surface area contributed by atoms with Crippen LogP contribution in [0.3, 0.4) is 0 Å². The second kappa shape index (κ2) is 14.7. The van der Waals surface area contributed by atoms with E-state index in [4.69, 9.17) is 9.47 Å². The minimum absolute atomic E-state index is 0. The summed E-state index contributed by atoms with van der Waals surface area (Å²) in [5, 5.41) is 40.5. The Morgan fingerprint density at radius 2 is 0.884 bits per heavy atom. The molecule has 0 fully saturated rings. The molecule has 0 aliphatic heterocycles. The molecule has 0 aliphatic rings. The van der Waals surface area contributed by atoms with E-state index >= 15 is 0 Å². The molecule has 0 radical (unpaired) electrons. The molecule has 218 valence electrons. The zero-order valence-electron chi connectivity index (χ0n) is 23.4. The molecule has 43 heavy (non-hydrogen) atoms. The standard InChI is InChI=1S/2C17H14N2O2.Pd/c2*1-21-14-7-4-6-13(11-14)18-19-17-15-8-3-2-5-12(15)9-10-16(17)20;/h2*2-11,20H,1H3;. The number of hydrogen-bond acceptors (Lipinski definition) is 8. The van der Waals surface area contributed by atoms with Crippen molar-refractivity contribution in [3.8, 4) is 23.0 Å². The maximum Gasteiger partial charge on any atom is 0.143 e. The molecule has 6 aromatic rings. The molecule has 0 aromatic heterocycles. The second-order valence-electron chi connectivity index (χ2n) is 9.11. The fourth-order valence-electron chi connectivity index (χ4n) is 4.26. The SMILES string of the molecule is COc1cccc(N=Nc2c(O)ccc3ccccc23)c1.COc1cccc(N=Nc2c(O)ccc3ccccc23)c1.[Pd]. The van der Waals surface area contributed by atoms with E-state index in [-0.39, 0.29) is 31.9 Å². The molecule has 8 nitrogen and oxygen atoms in total. The van der Waals surface area contributed by atoms with Gasteiger partial charge in [-0.05, 0) is 47.2 Å². The molecule has 0 saturated carbocycles. The van der Waals surface area contributed by atoms with E-state index in [2.05, 4.69) is 20.5 Å². The fraction of sp³-hybridized carbons (Fsp3) is 0.0588. The van der Waals surface area contributed by atoms with Crippen LogP contribution in [0.5, 0.6) is 23.0 Å². The first-order chi connectivity index (χ1) is 20.6. The predicted octanol–water partition coefficient (Wildman–Crippen LogP) is 9.94. The average molecular weight is 663 g/mol. The van der Waals surface area contributed by atoms with Gasteiger partial charge in [0, 0.05) is 43.3 Å². The molecule has 0 bridgehead atoms. The van der Waals surface area contributed by atoms with Gasteiger partial charge >= 0.3 is 0 Å². The number of benzene rings is 6. The fourth-order valence-corrected chi connectivity index (χ4v) is 4.26. The van der Waals surface area contributed by atoms with Crippen LogP contribution in [0.4, 0.5) is 22.7 Å². The number of aromatic hydroxyl groups is 2. The number of fused-ring (bicyclic) bond motifs is 2. The number of rotatable bonds is 6. The van der Waals surface area contributed by atoms with Crippen molar-refractivity contribution >= 4 is 44.3 Å². The van der Waals surface area contributed by atoms with Gasteiger partial charge in [0.1, 0.15) is 34.4 Å². The Hall–Kier alpha value is -5.10. The maximum absolute atomic E-state index is 10.0. The van der Waals surface area contributed by atoms with E-state index < -0.39 is 0 Å². The first-order valence-corrected chi connectivity index (χ1v) is 13.1. The largest absolute Gasteiger partial charge is 0.506 e. The zero-order valence-corrected chi connectivity index (χ0v) is 24.9. The number of azo groups is 2. The van der Waals surface area contributed by atoms with Crippen LogP contribution in [0.25, 0.3) is 21.5 Å². The third-order valence-electron chi connectivity index (χ3n) is 6.40. The molecule has 0 aliphatic carbocycles. The predicted molar refractivity (Wildman–Crippen MR) is 166 cm³/mol. The number of methoxy groups -OCH3 is 2. The summed E-state index contributed by atoms with van der Waals surface area (Å²) in [6.07, 6.45) is 0. The van der Waals surface area contributed by atoms with Gasteiger partial charge < -0.3 is 19.7 Å². The van der Waals surface area contributed by atoms with Crippen LogP contribution in [0.15, 0.2) is 142 Å². The second-order valence-corrected chi connectivity index (χ2v) is 9.11. The third-order valence-corrected chi connectivity index (χ3v) is 6.40. The van der Waals surface area contributed by atoms with Crippen molar-refractivity contribution < 1.29 is 40.1 Å². The van der Waals surface area contributed by atoms with Crippen LogP contribution in [-0.4, -0.2) is 24.4 Å². The van der Waals surface area contributed by atoms with Crippen molar-refractivity contribution in [3.05, 3.63) is 121 Å². The van der Waals surface area contributed by atoms with Crippen LogP contribution in [0.1, 0.15) is 0 Å². The summed E-state index contributed by atoms with van der Waals surface area (Å²) in [4.78, 5) is 0. The van der Waals surface area contributed by atoms with Gasteiger partial charge in [-0.15, -0.1) is 10.2 Å². The van der Waals surface area contributed by atoms with Gasteiger partial charge in [0.25, 0.3) is 0 Å². The Kier molecular flexibility index (Phi) is 10.5. The summed E-state index contributed by atoms with van der Waals surface area (Å²) in [6, 6.07) is 37.0. The third kappa shape index (κ3) is 7.60. The monoisotopic (exact) mass is 662 g/mol. The summed E-state index contributed by atoms with van der Waals surface area (Å²) in [5.41, 5.74) is 2.27. The molecule has 6 rings (SSSR count). The van der Waals surface area contributed by atoms with Crippen molar-refractivity contribution in [2.24, 2.45) is 20.5 Å². The van der Waals surface area contributed by atoms with E-state index in [9.17, 15) is 10.2 Å². The first-order valence-electron chi connectivity index (χ1n) is 13.1. The molecule has 2 N–H and O–H groups in total. The van der Waals surface area contributed by atoms with Gasteiger partial charge in [-0.25, -0.2) is 0 Å². The van der Waals surface area contributed by atoms with Crippen molar-refractivity contribution in [2.75, 3.05) is 14.2 Å². The van der Waals surface area contributed by atoms with Crippen molar-refractivity contribution in [2.45, 2.75) is 0 Å². The zero-order chi connectivity index (χ0) is 29.3. The summed E-state index contributed by atoms with van der Waals surface area (Å²) in [5.74, 6) is 1.66. The van der Waals surface area contributed by atoms with Crippen molar-refractivity contribution in [1.82, 2.24) is 0 Å². The van der Waals surface area contributed by atoms with E-state index in [1.54, 1.807) is 38.5 Å². The van der Waals surface area contributed by atoms with Gasteiger partial charge in [0.05, 0.1) is 25.6 Å². The van der Waals surface area contributed by atoms with Crippen LogP contribution in [0.2, 0.25) is 0 Å². The number of phenolic OH excluding ortho intramolecular Hbond substituents is 2.